The number of allylic oxidation sites excluding steroid dienone is 2. The first-order chi connectivity index (χ1) is 28.4. The van der Waals surface area contributed by atoms with E-state index in [1.165, 1.54) is 13.8 Å². The van der Waals surface area contributed by atoms with Crippen LogP contribution in [0.2, 0.25) is 0 Å². The van der Waals surface area contributed by atoms with Gasteiger partial charge in [0.1, 0.15) is 24.4 Å². The largest absolute Gasteiger partial charge is 0.481 e. The van der Waals surface area contributed by atoms with Gasteiger partial charge in [-0.1, -0.05) is 47.3 Å². The maximum Gasteiger partial charge on any atom is 0.307 e. The van der Waals surface area contributed by atoms with Gasteiger partial charge in [-0.2, -0.15) is 0 Å². The predicted molar refractivity (Wildman–Crippen MR) is 219 cm³/mol. The molecule has 0 aromatic carbocycles. The molecule has 0 amide bonds. The molecule has 16 nitrogen and oxygen atoms in total. The van der Waals surface area contributed by atoms with E-state index in [1.807, 2.05) is 6.92 Å². The maximum atomic E-state index is 14.2. The summed E-state index contributed by atoms with van der Waals surface area (Å²) in [6, 6.07) is 0. The Morgan fingerprint density at radius 3 is 2.16 bits per heavy atom. The van der Waals surface area contributed by atoms with Crippen LogP contribution in [0.3, 0.4) is 0 Å². The fraction of sp³-hybridized carbons (Fsp3) is 0.778. The van der Waals surface area contributed by atoms with Crippen molar-refractivity contribution in [3.05, 3.63) is 24.3 Å². The van der Waals surface area contributed by atoms with Gasteiger partial charge in [0, 0.05) is 44.1 Å². The van der Waals surface area contributed by atoms with Crippen LogP contribution in [0.1, 0.15) is 99.8 Å². The van der Waals surface area contributed by atoms with E-state index in [0.717, 1.165) is 32.1 Å². The van der Waals surface area contributed by atoms with E-state index in [9.17, 15) is 39.0 Å². The summed E-state index contributed by atoms with van der Waals surface area (Å²) in [6.07, 6.45) is 0.997. The number of ketones is 2. The molecule has 0 aliphatic heterocycles. The van der Waals surface area contributed by atoms with Crippen LogP contribution < -0.4 is 5.32 Å². The molecule has 0 aromatic heterocycles. The maximum absolute atomic E-state index is 14.2. The topological polar surface area (TPSA) is 264 Å². The molecule has 5 aliphatic rings. The lowest BCUT2D eigenvalue weighted by Gasteiger charge is -2.61. The van der Waals surface area contributed by atoms with E-state index in [1.54, 1.807) is 20.0 Å². The monoisotopic (exact) mass is 863 g/mol. The number of nitrogens with one attached hydrogen (secondary N) is 1. The minimum atomic E-state index is -1.55. The molecule has 61 heavy (non-hydrogen) atoms. The number of Topliss-reactive ketones (excluding diaryl/α,β-unsaturated/α-hetero) is 1. The van der Waals surface area contributed by atoms with Gasteiger partial charge in [-0.3, -0.25) is 28.8 Å². The zero-order valence-electron chi connectivity index (χ0n) is 36.9. The number of carbonyl (C=O) groups excluding carboxylic acids is 5. The number of ether oxygens (including phenoxy) is 3. The summed E-state index contributed by atoms with van der Waals surface area (Å²) in [5.74, 6) is -4.12. The minimum Gasteiger partial charge on any atom is -0.481 e. The minimum absolute atomic E-state index is 0.000468. The standard InChI is InChI=1S/C38H52O10.C7H17NO5/c1-20(18-46-24(5)39)21(2)33(45)34(48-31(44)12-11-30(42)43)23(4)32-28(47-25(6)40)17-36(8)29-10-9-26-22(3)27(41)13-14-37(26)19-38(29,37)16-15-35(32,36)7;1-8-2-4(10)6(12)7(13)5(11)3-9/h13-14,20,22-23,26,28-29,32,34H,2,9-12,15-19H2,1,3-8H3,(H,42,43);4-13H,2-3H2,1H3/t20-,22-,23-,26-,28-,29-,32-,34+,35+,36-,37+,38-;4-,5+,6+,7+/m00/s1. The molecular weight excluding hydrogens is 794 g/mol. The summed E-state index contributed by atoms with van der Waals surface area (Å²) in [6.45, 7) is 16.2. The summed E-state index contributed by atoms with van der Waals surface area (Å²) in [7, 11) is 1.57. The molecule has 0 aromatic rings. The summed E-state index contributed by atoms with van der Waals surface area (Å²) in [5, 5.41) is 56.7. The molecule has 344 valence electrons. The highest BCUT2D eigenvalue weighted by Gasteiger charge is 2.82. The first kappa shape index (κ1) is 50.1. The fourth-order valence-electron chi connectivity index (χ4n) is 12.3. The number of aliphatic hydroxyl groups is 5. The van der Waals surface area contributed by atoms with Crippen molar-refractivity contribution in [3.63, 3.8) is 0 Å². The molecule has 0 unspecified atom stereocenters. The number of esters is 3. The fourth-order valence-corrected chi connectivity index (χ4v) is 12.3. The van der Waals surface area contributed by atoms with Gasteiger partial charge in [0.05, 0.1) is 32.2 Å². The Morgan fingerprint density at radius 1 is 0.951 bits per heavy atom. The molecule has 4 saturated carbocycles. The normalized spacial score (nSPS) is 35.4. The second kappa shape index (κ2) is 19.5. The van der Waals surface area contributed by atoms with Crippen LogP contribution >= 0.6 is 0 Å². The van der Waals surface area contributed by atoms with Crippen LogP contribution in [-0.2, 0) is 43.0 Å². The SMILES string of the molecule is C=C(C(=O)[C@H](OC(=O)CCC(=O)O)[C@@H](C)[C@H]1[C@@H](OC(C)=O)C[C@@]2(C)[C@@H]3CC[C@H]4[C@H](C)C(=O)C=C[C@@]45C[C@@]35CC[C@]12C)[C@@H](C)COC(C)=O.CNC[C@H](O)[C@@H](O)[C@H](O)[C@H](O)CO. The number of aliphatic carboxylic acids is 1. The highest BCUT2D eigenvalue weighted by atomic mass is 16.6. The smallest absolute Gasteiger partial charge is 0.307 e. The van der Waals surface area contributed by atoms with Crippen molar-refractivity contribution in [2.24, 2.45) is 57.2 Å². The molecule has 0 saturated heterocycles. The summed E-state index contributed by atoms with van der Waals surface area (Å²) in [4.78, 5) is 75.3. The van der Waals surface area contributed by atoms with E-state index < -0.39 is 103 Å². The Bertz CT molecular complexity index is 1720. The van der Waals surface area contributed by atoms with Gasteiger partial charge in [-0.05, 0) is 90.7 Å². The summed E-state index contributed by atoms with van der Waals surface area (Å²) >= 11 is 0. The number of aliphatic hydroxyl groups excluding tert-OH is 5. The number of hydrogen-bond donors (Lipinski definition) is 7. The Morgan fingerprint density at radius 2 is 1.59 bits per heavy atom. The Labute approximate surface area is 358 Å². The first-order valence-electron chi connectivity index (χ1n) is 21.5. The summed E-state index contributed by atoms with van der Waals surface area (Å²) in [5.41, 5.74) is -0.494. The van der Waals surface area contributed by atoms with Gasteiger partial charge in [0.2, 0.25) is 0 Å². The van der Waals surface area contributed by atoms with E-state index in [0.29, 0.717) is 18.3 Å². The van der Waals surface area contributed by atoms with Crippen molar-refractivity contribution < 1.29 is 73.6 Å². The third kappa shape index (κ3) is 9.54. The summed E-state index contributed by atoms with van der Waals surface area (Å²) < 4.78 is 17.1. The molecule has 16 atom stereocenters. The number of likely N-dealkylation sites (N-methyl/N-ethyl adjacent to an activating group) is 1. The van der Waals surface area contributed by atoms with Gasteiger partial charge in [0.25, 0.3) is 0 Å². The van der Waals surface area contributed by atoms with Gasteiger partial charge in [0.15, 0.2) is 17.7 Å². The number of carbonyl (C=O) groups is 6. The van der Waals surface area contributed by atoms with Crippen LogP contribution in [-0.4, -0.2) is 130 Å². The molecular formula is C45H69NO15. The molecule has 4 fully saturated rings. The average Bonchev–Trinajstić information content (AvgIpc) is 3.81. The highest BCUT2D eigenvalue weighted by Crippen LogP contribution is 2.87. The zero-order valence-corrected chi connectivity index (χ0v) is 36.9. The van der Waals surface area contributed by atoms with Crippen molar-refractivity contribution in [2.45, 2.75) is 136 Å². The van der Waals surface area contributed by atoms with Crippen molar-refractivity contribution in [1.29, 1.82) is 0 Å². The molecule has 0 bridgehead atoms. The third-order valence-electron chi connectivity index (χ3n) is 15.6. The molecule has 2 spiro atoms. The van der Waals surface area contributed by atoms with Gasteiger partial charge in [-0.15, -0.1) is 0 Å². The van der Waals surface area contributed by atoms with Crippen molar-refractivity contribution in [1.82, 2.24) is 5.32 Å². The predicted octanol–water partition coefficient (Wildman–Crippen LogP) is 2.30. The molecule has 16 heteroatoms. The second-order valence-corrected chi connectivity index (χ2v) is 19.0. The quantitative estimate of drug-likeness (QED) is 0.0592. The third-order valence-corrected chi connectivity index (χ3v) is 15.6. The van der Waals surface area contributed by atoms with Crippen LogP contribution in [0.5, 0.6) is 0 Å². The average molecular weight is 864 g/mol. The molecule has 0 heterocycles. The number of fused-ring (bicyclic) bond motifs is 2. The van der Waals surface area contributed by atoms with E-state index >= 15 is 0 Å². The van der Waals surface area contributed by atoms with Crippen LogP contribution in [0.25, 0.3) is 0 Å². The van der Waals surface area contributed by atoms with Crippen LogP contribution in [0, 0.1) is 57.2 Å². The molecule has 7 N–H and O–H groups in total. The Balaban J connectivity index is 0.000000544. The highest BCUT2D eigenvalue weighted by molar-refractivity contribution is 6.00. The molecule has 0 radical (unpaired) electrons. The number of carboxylic acids is 1. The lowest BCUT2D eigenvalue weighted by Crippen LogP contribution is -2.56. The number of carboxylic acid groups (broad SMARTS) is 1. The zero-order chi connectivity index (χ0) is 46.0. The van der Waals surface area contributed by atoms with E-state index in [-0.39, 0.29) is 52.6 Å². The number of hydrogen-bond acceptors (Lipinski definition) is 15. The Kier molecular flexibility index (Phi) is 16.0. The van der Waals surface area contributed by atoms with Crippen molar-refractivity contribution in [2.75, 3.05) is 26.8 Å². The lowest BCUT2D eigenvalue weighted by molar-refractivity contribution is -0.168. The first-order valence-corrected chi connectivity index (χ1v) is 21.5. The lowest BCUT2D eigenvalue weighted by atomic mass is 9.43. The van der Waals surface area contributed by atoms with Crippen LogP contribution in [0.15, 0.2) is 24.3 Å². The van der Waals surface area contributed by atoms with Gasteiger partial charge >= 0.3 is 23.9 Å². The molecule has 5 rings (SSSR count). The van der Waals surface area contributed by atoms with E-state index in [4.69, 9.17) is 34.6 Å². The number of rotatable bonds is 18. The molecule has 5 aliphatic carbocycles. The van der Waals surface area contributed by atoms with Crippen LogP contribution in [0.4, 0.5) is 0 Å². The second-order valence-electron chi connectivity index (χ2n) is 19.0. The van der Waals surface area contributed by atoms with Crippen molar-refractivity contribution >= 4 is 35.4 Å². The van der Waals surface area contributed by atoms with Crippen molar-refractivity contribution in [3.8, 4) is 0 Å². The van der Waals surface area contributed by atoms with Gasteiger partial charge in [-0.25, -0.2) is 0 Å². The van der Waals surface area contributed by atoms with E-state index in [2.05, 4.69) is 38.7 Å². The van der Waals surface area contributed by atoms with Gasteiger partial charge < -0.3 is 50.2 Å². The Hall–Kier alpha value is -3.54.